The molecule has 0 unspecified atom stereocenters. The van der Waals surface area contributed by atoms with Gasteiger partial charge in [0.15, 0.2) is 9.84 Å². The summed E-state index contributed by atoms with van der Waals surface area (Å²) in [5, 5.41) is 1.28. The van der Waals surface area contributed by atoms with Crippen molar-refractivity contribution in [2.75, 3.05) is 0 Å². The quantitative estimate of drug-likeness (QED) is 0.733. The van der Waals surface area contributed by atoms with Crippen LogP contribution in [0.2, 0.25) is 0 Å². The summed E-state index contributed by atoms with van der Waals surface area (Å²) in [7, 11) is -3.34. The molecule has 0 fully saturated rings. The van der Waals surface area contributed by atoms with Gasteiger partial charge in [-0.1, -0.05) is 18.2 Å². The van der Waals surface area contributed by atoms with Crippen molar-refractivity contribution >= 4 is 9.84 Å². The first-order chi connectivity index (χ1) is 7.68. The van der Waals surface area contributed by atoms with Crippen LogP contribution in [-0.2, 0) is 9.84 Å². The van der Waals surface area contributed by atoms with Crippen molar-refractivity contribution in [3.8, 4) is 0 Å². The molecule has 0 saturated heterocycles. The van der Waals surface area contributed by atoms with Gasteiger partial charge in [0, 0.05) is 0 Å². The minimum Gasteiger partial charge on any atom is -0.229 e. The van der Waals surface area contributed by atoms with E-state index in [1.807, 2.05) is 18.2 Å². The first kappa shape index (κ1) is 10.8. The van der Waals surface area contributed by atoms with E-state index in [4.69, 9.17) is 0 Å². The molecule has 1 aliphatic rings. The van der Waals surface area contributed by atoms with E-state index in [0.717, 1.165) is 0 Å². The number of benzene rings is 1. The Morgan fingerprint density at radius 3 is 2.44 bits per heavy atom. The molecule has 0 spiro atoms. The lowest BCUT2D eigenvalue weighted by molar-refractivity contribution is 0.604. The van der Waals surface area contributed by atoms with Gasteiger partial charge in [-0.05, 0) is 17.5 Å². The third kappa shape index (κ3) is 2.44. The van der Waals surface area contributed by atoms with Crippen molar-refractivity contribution in [3.63, 3.8) is 0 Å². The average Bonchev–Trinajstić information content (AvgIpc) is 2.31. The summed E-state index contributed by atoms with van der Waals surface area (Å²) >= 11 is 0. The Labute approximate surface area is 95.5 Å². The summed E-state index contributed by atoms with van der Waals surface area (Å²) in [6, 6.07) is 8.41. The highest BCUT2D eigenvalue weighted by Gasteiger charge is 2.07. The summed E-state index contributed by atoms with van der Waals surface area (Å²) in [5.41, 5.74) is 0.686. The van der Waals surface area contributed by atoms with Crippen molar-refractivity contribution < 1.29 is 8.42 Å². The summed E-state index contributed by atoms with van der Waals surface area (Å²) in [6.45, 7) is 0. The molecule has 2 nitrogen and oxygen atoms in total. The first-order valence-corrected chi connectivity index (χ1v) is 6.43. The average molecular weight is 231 g/mol. The molecular weight excluding hydrogens is 220 g/mol. The Bertz CT molecular complexity index is 549. The second kappa shape index (κ2) is 4.41. The molecule has 0 N–H and O–H groups in total. The van der Waals surface area contributed by atoms with Gasteiger partial charge in [-0.25, -0.2) is 8.42 Å². The lowest BCUT2D eigenvalue weighted by atomic mass is 10.1. The molecule has 82 valence electrons. The van der Waals surface area contributed by atoms with E-state index in [1.54, 1.807) is 42.8 Å². The Hall–Kier alpha value is -1.74. The molecule has 16 heavy (non-hydrogen) atoms. The third-order valence-corrected chi connectivity index (χ3v) is 3.67. The van der Waals surface area contributed by atoms with Crippen LogP contribution >= 0.6 is 0 Å². The second-order valence-corrected chi connectivity index (χ2v) is 5.18. The van der Waals surface area contributed by atoms with Crippen molar-refractivity contribution in [2.45, 2.75) is 4.90 Å². The number of rotatable bonds is 2. The summed E-state index contributed by atoms with van der Waals surface area (Å²) in [6.07, 6.45) is 9.01. The highest BCUT2D eigenvalue weighted by Crippen LogP contribution is 2.17. The summed E-state index contributed by atoms with van der Waals surface area (Å²) < 4.78 is 23.9. The maximum atomic E-state index is 11.9. The standard InChI is InChI=1S/C13H11O2S/c14-16(15,13-9-5-2-6-10-13)11-12-7-3-1-4-8-12/h1-11H/q-1. The maximum Gasteiger partial charge on any atom is 0.166 e. The van der Waals surface area contributed by atoms with Gasteiger partial charge in [-0.15, -0.1) is 36.3 Å². The van der Waals surface area contributed by atoms with Crippen molar-refractivity contribution in [1.29, 1.82) is 0 Å². The van der Waals surface area contributed by atoms with E-state index in [-0.39, 0.29) is 0 Å². The topological polar surface area (TPSA) is 34.1 Å². The van der Waals surface area contributed by atoms with Gasteiger partial charge in [0.1, 0.15) is 0 Å². The van der Waals surface area contributed by atoms with Crippen LogP contribution in [0, 0.1) is 6.42 Å². The van der Waals surface area contributed by atoms with Gasteiger partial charge in [0.2, 0.25) is 0 Å². The second-order valence-electron chi connectivity index (χ2n) is 3.39. The summed E-state index contributed by atoms with van der Waals surface area (Å²) in [4.78, 5) is 0.318. The highest BCUT2D eigenvalue weighted by molar-refractivity contribution is 7.94. The smallest absolute Gasteiger partial charge is 0.166 e. The Morgan fingerprint density at radius 1 is 1.06 bits per heavy atom. The zero-order chi connectivity index (χ0) is 11.4. The first-order valence-electron chi connectivity index (χ1n) is 4.88. The zero-order valence-corrected chi connectivity index (χ0v) is 9.39. The Kier molecular flexibility index (Phi) is 2.97. The van der Waals surface area contributed by atoms with E-state index >= 15 is 0 Å². The van der Waals surface area contributed by atoms with Crippen LogP contribution in [0.5, 0.6) is 0 Å². The molecule has 0 saturated carbocycles. The van der Waals surface area contributed by atoms with Gasteiger partial charge >= 0.3 is 0 Å². The van der Waals surface area contributed by atoms with Crippen LogP contribution in [0.3, 0.4) is 0 Å². The fourth-order valence-electron chi connectivity index (χ4n) is 1.39. The molecule has 0 aliphatic heterocycles. The van der Waals surface area contributed by atoms with Crippen molar-refractivity contribution in [3.05, 3.63) is 72.0 Å². The fraction of sp³-hybridized carbons (Fsp3) is 0. The molecule has 3 heteroatoms. The van der Waals surface area contributed by atoms with E-state index in [2.05, 4.69) is 0 Å². The van der Waals surface area contributed by atoms with Gasteiger partial charge in [0.05, 0.1) is 4.90 Å². The largest absolute Gasteiger partial charge is 0.229 e. The van der Waals surface area contributed by atoms with Crippen LogP contribution < -0.4 is 0 Å². The fourth-order valence-corrected chi connectivity index (χ4v) is 2.58. The van der Waals surface area contributed by atoms with Crippen LogP contribution in [0.4, 0.5) is 0 Å². The van der Waals surface area contributed by atoms with Crippen molar-refractivity contribution in [1.82, 2.24) is 0 Å². The number of hydrogen-bond donors (Lipinski definition) is 0. The lowest BCUT2D eigenvalue weighted by Gasteiger charge is -2.10. The Balaban J connectivity index is 2.35. The molecule has 1 aromatic rings. The predicted molar refractivity (Wildman–Crippen MR) is 64.3 cm³/mol. The van der Waals surface area contributed by atoms with Crippen LogP contribution in [0.25, 0.3) is 0 Å². The van der Waals surface area contributed by atoms with Gasteiger partial charge in [-0.2, -0.15) is 0 Å². The molecule has 0 aromatic heterocycles. The minimum atomic E-state index is -3.34. The summed E-state index contributed by atoms with van der Waals surface area (Å²) in [5.74, 6) is 0. The molecule has 0 radical (unpaired) electrons. The molecule has 1 aromatic carbocycles. The third-order valence-electron chi connectivity index (χ3n) is 2.16. The molecular formula is C13H11O2S-. The SMILES string of the molecule is O=S(=O)(/C=C1\C=CC=C[CH-]1)c1ccccc1. The normalized spacial score (nSPS) is 17.4. The van der Waals surface area contributed by atoms with Gasteiger partial charge in [0.25, 0.3) is 0 Å². The molecule has 0 atom stereocenters. The Morgan fingerprint density at radius 2 is 1.81 bits per heavy atom. The number of allylic oxidation sites excluding steroid dienone is 5. The lowest BCUT2D eigenvalue weighted by Crippen LogP contribution is -1.98. The molecule has 1 aliphatic carbocycles. The number of sulfone groups is 1. The predicted octanol–water partition coefficient (Wildman–Crippen LogP) is 2.67. The highest BCUT2D eigenvalue weighted by atomic mass is 32.2. The van der Waals surface area contributed by atoms with E-state index < -0.39 is 9.84 Å². The van der Waals surface area contributed by atoms with Gasteiger partial charge in [-0.3, -0.25) is 0 Å². The van der Waals surface area contributed by atoms with Crippen molar-refractivity contribution in [2.24, 2.45) is 0 Å². The molecule has 0 heterocycles. The maximum absolute atomic E-state index is 11.9. The number of hydrogen-bond acceptors (Lipinski definition) is 2. The molecule has 2 rings (SSSR count). The van der Waals surface area contributed by atoms with Crippen LogP contribution in [0.15, 0.2) is 70.5 Å². The van der Waals surface area contributed by atoms with E-state index in [9.17, 15) is 8.42 Å². The zero-order valence-electron chi connectivity index (χ0n) is 8.58. The van der Waals surface area contributed by atoms with Crippen LogP contribution in [-0.4, -0.2) is 8.42 Å². The monoisotopic (exact) mass is 231 g/mol. The molecule has 0 amide bonds. The van der Waals surface area contributed by atoms with Crippen LogP contribution in [0.1, 0.15) is 0 Å². The van der Waals surface area contributed by atoms with E-state index in [0.29, 0.717) is 10.5 Å². The van der Waals surface area contributed by atoms with E-state index in [1.165, 1.54) is 5.41 Å². The van der Waals surface area contributed by atoms with Gasteiger partial charge < -0.3 is 0 Å². The molecule has 0 bridgehead atoms. The minimum absolute atomic E-state index is 0.318.